The summed E-state index contributed by atoms with van der Waals surface area (Å²) >= 11 is -2.20. The van der Waals surface area contributed by atoms with Crippen LogP contribution >= 0.6 is 0 Å². The Bertz CT molecular complexity index is 351. The van der Waals surface area contributed by atoms with E-state index < -0.39 is 23.9 Å². The summed E-state index contributed by atoms with van der Waals surface area (Å²) in [5.74, 6) is -0.249. The Kier molecular flexibility index (Phi) is 3.64. The lowest BCUT2D eigenvalue weighted by Gasteiger charge is -2.07. The molecule has 0 amide bonds. The highest BCUT2D eigenvalue weighted by Gasteiger charge is 2.28. The summed E-state index contributed by atoms with van der Waals surface area (Å²) in [5.41, 5.74) is 0. The number of alkyl halides is 3. The standard InChI is InChI=1S/C7H6F3NO3S/c8-7(9,10)4-14-6-2-1-5(3-11-6)15(12)13/h1-3H,4H2,(H,12,13). The second-order valence-electron chi connectivity index (χ2n) is 2.49. The van der Waals surface area contributed by atoms with Crippen LogP contribution in [0.15, 0.2) is 23.2 Å². The molecule has 0 saturated carbocycles. The Hall–Kier alpha value is -1.15. The Labute approximate surface area is 85.4 Å². The van der Waals surface area contributed by atoms with Gasteiger partial charge in [-0.2, -0.15) is 13.2 Å². The maximum atomic E-state index is 11.7. The highest BCUT2D eigenvalue weighted by atomic mass is 32.2. The van der Waals surface area contributed by atoms with E-state index in [0.717, 1.165) is 18.3 Å². The first-order valence-electron chi connectivity index (χ1n) is 3.65. The number of rotatable bonds is 3. The molecule has 1 aromatic heterocycles. The molecule has 1 rings (SSSR count). The summed E-state index contributed by atoms with van der Waals surface area (Å²) in [6.45, 7) is -1.44. The van der Waals surface area contributed by atoms with Gasteiger partial charge < -0.3 is 9.29 Å². The average Bonchev–Trinajstić information content (AvgIpc) is 2.14. The molecule has 1 heterocycles. The fraction of sp³-hybridized carbons (Fsp3) is 0.286. The van der Waals surface area contributed by atoms with Gasteiger partial charge in [-0.05, 0) is 6.07 Å². The van der Waals surface area contributed by atoms with Gasteiger partial charge in [0.1, 0.15) is 0 Å². The lowest BCUT2D eigenvalue weighted by molar-refractivity contribution is -0.154. The molecule has 1 N–H and O–H groups in total. The van der Waals surface area contributed by atoms with Gasteiger partial charge in [0.05, 0.1) is 4.90 Å². The summed E-state index contributed by atoms with van der Waals surface area (Å²) in [4.78, 5) is 3.42. The average molecular weight is 241 g/mol. The van der Waals surface area contributed by atoms with Crippen molar-refractivity contribution in [1.82, 2.24) is 4.98 Å². The van der Waals surface area contributed by atoms with Crippen molar-refractivity contribution in [3.63, 3.8) is 0 Å². The van der Waals surface area contributed by atoms with E-state index in [1.54, 1.807) is 0 Å². The van der Waals surface area contributed by atoms with E-state index in [4.69, 9.17) is 4.55 Å². The van der Waals surface area contributed by atoms with Crippen LogP contribution in [0.1, 0.15) is 0 Å². The molecule has 1 unspecified atom stereocenters. The van der Waals surface area contributed by atoms with Gasteiger partial charge in [0.15, 0.2) is 17.7 Å². The predicted molar refractivity (Wildman–Crippen MR) is 44.8 cm³/mol. The molecule has 0 radical (unpaired) electrons. The summed E-state index contributed by atoms with van der Waals surface area (Å²) in [7, 11) is 0. The first kappa shape index (κ1) is 11.9. The Balaban J connectivity index is 2.61. The molecule has 8 heteroatoms. The van der Waals surface area contributed by atoms with Crippen molar-refractivity contribution < 1.29 is 26.7 Å². The molecule has 0 fully saturated rings. The molecule has 15 heavy (non-hydrogen) atoms. The fourth-order valence-electron chi connectivity index (χ4n) is 0.711. The third-order valence-electron chi connectivity index (χ3n) is 1.29. The van der Waals surface area contributed by atoms with Crippen molar-refractivity contribution >= 4 is 11.1 Å². The van der Waals surface area contributed by atoms with E-state index in [0.29, 0.717) is 0 Å². The molecule has 0 bridgehead atoms. The van der Waals surface area contributed by atoms with Crippen LogP contribution in [0.4, 0.5) is 13.2 Å². The van der Waals surface area contributed by atoms with E-state index >= 15 is 0 Å². The topological polar surface area (TPSA) is 59.4 Å². The zero-order valence-electron chi connectivity index (χ0n) is 7.19. The molecular weight excluding hydrogens is 235 g/mol. The summed E-state index contributed by atoms with van der Waals surface area (Å²) < 4.78 is 58.5. The Morgan fingerprint density at radius 1 is 1.47 bits per heavy atom. The van der Waals surface area contributed by atoms with Gasteiger partial charge in [0, 0.05) is 12.3 Å². The number of hydrogen-bond acceptors (Lipinski definition) is 3. The largest absolute Gasteiger partial charge is 0.468 e. The molecule has 0 saturated heterocycles. The van der Waals surface area contributed by atoms with Gasteiger partial charge in [-0.15, -0.1) is 0 Å². The smallest absolute Gasteiger partial charge is 0.422 e. The number of aromatic nitrogens is 1. The van der Waals surface area contributed by atoms with Crippen LogP contribution in [0, 0.1) is 0 Å². The normalized spacial score (nSPS) is 13.6. The van der Waals surface area contributed by atoms with E-state index in [-0.39, 0.29) is 10.8 Å². The second-order valence-corrected chi connectivity index (χ2v) is 3.45. The van der Waals surface area contributed by atoms with Gasteiger partial charge in [-0.3, -0.25) is 0 Å². The van der Waals surface area contributed by atoms with Crippen LogP contribution in [0.3, 0.4) is 0 Å². The third-order valence-corrected chi connectivity index (χ3v) is 1.94. The molecular formula is C7H6F3NO3S. The lowest BCUT2D eigenvalue weighted by Crippen LogP contribution is -2.19. The molecule has 0 aliphatic heterocycles. The third kappa shape index (κ3) is 4.26. The summed E-state index contributed by atoms with van der Waals surface area (Å²) in [5, 5.41) is 0. The predicted octanol–water partition coefficient (Wildman–Crippen LogP) is 1.60. The number of halogens is 3. The first-order chi connectivity index (χ1) is 6.88. The van der Waals surface area contributed by atoms with Crippen LogP contribution in [-0.2, 0) is 11.1 Å². The molecule has 0 aromatic carbocycles. The maximum absolute atomic E-state index is 11.7. The minimum atomic E-state index is -4.43. The number of ether oxygens (including phenoxy) is 1. The van der Waals surface area contributed by atoms with Gasteiger partial charge >= 0.3 is 6.18 Å². The second kappa shape index (κ2) is 4.58. The molecule has 0 spiro atoms. The minimum Gasteiger partial charge on any atom is -0.468 e. The summed E-state index contributed by atoms with van der Waals surface area (Å²) in [6, 6.07) is 2.25. The Morgan fingerprint density at radius 3 is 2.53 bits per heavy atom. The fourth-order valence-corrected chi connectivity index (χ4v) is 1.04. The van der Waals surface area contributed by atoms with Crippen LogP contribution in [0.2, 0.25) is 0 Å². The van der Waals surface area contributed by atoms with E-state index in [1.165, 1.54) is 0 Å². The molecule has 4 nitrogen and oxygen atoms in total. The molecule has 0 aliphatic rings. The SMILES string of the molecule is O=S(O)c1ccc(OCC(F)(F)F)nc1. The van der Waals surface area contributed by atoms with Gasteiger partial charge in [-0.1, -0.05) is 0 Å². The van der Waals surface area contributed by atoms with E-state index in [2.05, 4.69) is 9.72 Å². The first-order valence-corrected chi connectivity index (χ1v) is 4.75. The molecule has 0 aliphatic carbocycles. The van der Waals surface area contributed by atoms with Crippen LogP contribution in [0.25, 0.3) is 0 Å². The zero-order valence-corrected chi connectivity index (χ0v) is 8.01. The molecule has 1 aromatic rings. The van der Waals surface area contributed by atoms with Gasteiger partial charge in [0.2, 0.25) is 5.88 Å². The Morgan fingerprint density at radius 2 is 2.13 bits per heavy atom. The van der Waals surface area contributed by atoms with Crippen LogP contribution in [0.5, 0.6) is 5.88 Å². The van der Waals surface area contributed by atoms with Crippen molar-refractivity contribution in [1.29, 1.82) is 0 Å². The van der Waals surface area contributed by atoms with Gasteiger partial charge in [-0.25, -0.2) is 9.19 Å². The van der Waals surface area contributed by atoms with E-state index in [9.17, 15) is 17.4 Å². The zero-order chi connectivity index (χ0) is 11.5. The molecule has 84 valence electrons. The van der Waals surface area contributed by atoms with Crippen LogP contribution < -0.4 is 4.74 Å². The van der Waals surface area contributed by atoms with Crippen molar-refractivity contribution in [3.8, 4) is 5.88 Å². The minimum absolute atomic E-state index is 0.00522. The highest BCUT2D eigenvalue weighted by molar-refractivity contribution is 7.79. The monoisotopic (exact) mass is 241 g/mol. The van der Waals surface area contributed by atoms with Crippen molar-refractivity contribution in [2.75, 3.05) is 6.61 Å². The van der Waals surface area contributed by atoms with Crippen molar-refractivity contribution in [2.24, 2.45) is 0 Å². The van der Waals surface area contributed by atoms with E-state index in [1.807, 2.05) is 0 Å². The number of pyridine rings is 1. The summed E-state index contributed by atoms with van der Waals surface area (Å²) in [6.07, 6.45) is -3.46. The highest BCUT2D eigenvalue weighted by Crippen LogP contribution is 2.17. The lowest BCUT2D eigenvalue weighted by atomic mass is 10.5. The number of nitrogens with zero attached hydrogens (tertiary/aromatic N) is 1. The van der Waals surface area contributed by atoms with Crippen molar-refractivity contribution in [2.45, 2.75) is 11.1 Å². The van der Waals surface area contributed by atoms with Crippen molar-refractivity contribution in [3.05, 3.63) is 18.3 Å². The van der Waals surface area contributed by atoms with Gasteiger partial charge in [0.25, 0.3) is 0 Å². The van der Waals surface area contributed by atoms with Crippen LogP contribution in [-0.4, -0.2) is 26.5 Å². The number of hydrogen-bond donors (Lipinski definition) is 1. The molecule has 1 atom stereocenters. The quantitative estimate of drug-likeness (QED) is 0.816. The maximum Gasteiger partial charge on any atom is 0.422 e.